The van der Waals surface area contributed by atoms with Crippen LogP contribution in [0.3, 0.4) is 0 Å². The van der Waals surface area contributed by atoms with E-state index >= 15 is 0 Å². The van der Waals surface area contributed by atoms with Crippen molar-refractivity contribution in [1.29, 1.82) is 0 Å². The van der Waals surface area contributed by atoms with E-state index in [9.17, 15) is 0 Å². The molecule has 0 spiro atoms. The Hall–Kier alpha value is -2.86. The molecule has 5 aliphatic rings. The van der Waals surface area contributed by atoms with Crippen LogP contribution in [-0.2, 0) is 0 Å². The molecule has 1 aromatic heterocycles. The number of hydrogen-bond acceptors (Lipinski definition) is 6. The van der Waals surface area contributed by atoms with Crippen LogP contribution in [-0.4, -0.2) is 60.7 Å². The van der Waals surface area contributed by atoms with Crippen molar-refractivity contribution in [1.82, 2.24) is 14.9 Å². The summed E-state index contributed by atoms with van der Waals surface area (Å²) in [5, 5.41) is 6.59. The highest BCUT2D eigenvalue weighted by Crippen LogP contribution is 2.65. The number of piperazine rings is 1. The van der Waals surface area contributed by atoms with Gasteiger partial charge in [-0.15, -0.1) is 13.2 Å². The van der Waals surface area contributed by atoms with E-state index in [2.05, 4.69) is 89.7 Å². The van der Waals surface area contributed by atoms with E-state index in [-0.39, 0.29) is 5.41 Å². The molecule has 2 N–H and O–H groups in total. The average Bonchev–Trinajstić information content (AvgIpc) is 3.26. The zero-order chi connectivity index (χ0) is 29.3. The van der Waals surface area contributed by atoms with Gasteiger partial charge in [-0.2, -0.15) is 9.97 Å². The van der Waals surface area contributed by atoms with Crippen LogP contribution in [0.4, 0.5) is 17.6 Å². The predicted molar refractivity (Wildman–Crippen MR) is 177 cm³/mol. The second-order valence-electron chi connectivity index (χ2n) is 13.9. The van der Waals surface area contributed by atoms with Crippen molar-refractivity contribution in [2.45, 2.75) is 59.3 Å². The second-order valence-corrected chi connectivity index (χ2v) is 13.9. The number of nitrogens with one attached hydrogen (secondary N) is 2. The van der Waals surface area contributed by atoms with Crippen LogP contribution in [0, 0.1) is 34.5 Å². The van der Waals surface area contributed by atoms with Gasteiger partial charge in [0.05, 0.1) is 0 Å². The predicted octanol–water partition coefficient (Wildman–Crippen LogP) is 7.10. The fraction of sp³-hybridized carbons (Fsp3) is 0.611. The molecular weight excluding hydrogens is 516 g/mol. The van der Waals surface area contributed by atoms with Gasteiger partial charge in [0.25, 0.3) is 0 Å². The lowest BCUT2D eigenvalue weighted by Crippen LogP contribution is -2.48. The highest BCUT2D eigenvalue weighted by molar-refractivity contribution is 5.54. The summed E-state index contributed by atoms with van der Waals surface area (Å²) in [4.78, 5) is 14.5. The van der Waals surface area contributed by atoms with Gasteiger partial charge in [0, 0.05) is 50.7 Å². The summed E-state index contributed by atoms with van der Waals surface area (Å²) in [6.45, 7) is 22.1. The number of nitrogens with zero attached hydrogens (tertiary/aromatic N) is 4. The zero-order valence-electron chi connectivity index (χ0n) is 26.2. The molecule has 4 aliphatic carbocycles. The van der Waals surface area contributed by atoms with Gasteiger partial charge in [-0.3, -0.25) is 4.90 Å². The maximum absolute atomic E-state index is 4.82. The van der Waals surface area contributed by atoms with Gasteiger partial charge in [0.2, 0.25) is 5.95 Å². The van der Waals surface area contributed by atoms with E-state index in [1.807, 2.05) is 12.2 Å². The van der Waals surface area contributed by atoms with Crippen LogP contribution in [0.5, 0.6) is 0 Å². The lowest BCUT2D eigenvalue weighted by molar-refractivity contribution is 0.0753. The third-order valence-corrected chi connectivity index (χ3v) is 11.6. The molecule has 0 aromatic carbocycles. The van der Waals surface area contributed by atoms with E-state index in [0.29, 0.717) is 24.5 Å². The molecule has 6 rings (SSSR count). The summed E-state index contributed by atoms with van der Waals surface area (Å²) < 4.78 is 0. The molecule has 226 valence electrons. The topological polar surface area (TPSA) is 56.3 Å². The minimum atomic E-state index is 0.193. The quantitative estimate of drug-likeness (QED) is 0.294. The SMILES string of the molecule is C=CCNc1cc(N2CCN(CC[C@H]3[C@H](C)C[C@H]4[C@@H]5CCC6=CCC=C[C@]6(C)C5=CC[C@]34C)CC2)nc(NCC=C)n1. The highest BCUT2D eigenvalue weighted by Gasteiger charge is 2.57. The van der Waals surface area contributed by atoms with Gasteiger partial charge >= 0.3 is 0 Å². The van der Waals surface area contributed by atoms with E-state index in [1.165, 1.54) is 38.6 Å². The molecule has 3 fully saturated rings. The molecule has 0 bridgehead atoms. The number of aromatic nitrogens is 2. The molecule has 0 radical (unpaired) electrons. The van der Waals surface area contributed by atoms with Crippen LogP contribution >= 0.6 is 0 Å². The summed E-state index contributed by atoms with van der Waals surface area (Å²) in [5.74, 6) is 5.69. The maximum Gasteiger partial charge on any atom is 0.226 e. The van der Waals surface area contributed by atoms with Gasteiger partial charge in [-0.05, 0) is 81.1 Å². The van der Waals surface area contributed by atoms with Crippen molar-refractivity contribution in [3.8, 4) is 0 Å². The molecule has 6 heteroatoms. The molecule has 2 saturated carbocycles. The van der Waals surface area contributed by atoms with Gasteiger partial charge in [0.15, 0.2) is 0 Å². The largest absolute Gasteiger partial charge is 0.366 e. The van der Waals surface area contributed by atoms with Gasteiger partial charge < -0.3 is 15.5 Å². The molecule has 0 unspecified atom stereocenters. The Morgan fingerprint density at radius 2 is 1.83 bits per heavy atom. The summed E-state index contributed by atoms with van der Waals surface area (Å²) in [5.41, 5.74) is 4.08. The molecule has 0 amide bonds. The fourth-order valence-corrected chi connectivity index (χ4v) is 9.37. The Bertz CT molecular complexity index is 1230. The van der Waals surface area contributed by atoms with Crippen LogP contribution in [0.15, 0.2) is 66.8 Å². The van der Waals surface area contributed by atoms with Crippen molar-refractivity contribution in [2.24, 2.45) is 34.5 Å². The Balaban J connectivity index is 1.08. The molecule has 2 heterocycles. The number of fused-ring (bicyclic) bond motifs is 5. The van der Waals surface area contributed by atoms with Crippen LogP contribution in [0.25, 0.3) is 0 Å². The van der Waals surface area contributed by atoms with Crippen molar-refractivity contribution >= 4 is 17.6 Å². The van der Waals surface area contributed by atoms with E-state index < -0.39 is 0 Å². The molecule has 6 atom stereocenters. The fourth-order valence-electron chi connectivity index (χ4n) is 9.37. The number of anilines is 3. The number of hydrogen-bond donors (Lipinski definition) is 2. The summed E-state index contributed by atoms with van der Waals surface area (Å²) in [6.07, 6.45) is 21.6. The number of rotatable bonds is 10. The highest BCUT2D eigenvalue weighted by atomic mass is 15.3. The first-order valence-electron chi connectivity index (χ1n) is 16.5. The third-order valence-electron chi connectivity index (χ3n) is 11.6. The number of allylic oxidation sites excluding steroid dienone is 6. The Morgan fingerprint density at radius 1 is 1.05 bits per heavy atom. The Kier molecular flexibility index (Phi) is 8.37. The molecular formula is C36H52N6. The van der Waals surface area contributed by atoms with Crippen LogP contribution in [0.2, 0.25) is 0 Å². The van der Waals surface area contributed by atoms with E-state index in [1.54, 1.807) is 11.1 Å². The summed E-state index contributed by atoms with van der Waals surface area (Å²) in [7, 11) is 0. The van der Waals surface area contributed by atoms with Crippen molar-refractivity contribution in [3.63, 3.8) is 0 Å². The average molecular weight is 569 g/mol. The Labute approximate surface area is 254 Å². The Morgan fingerprint density at radius 3 is 2.62 bits per heavy atom. The molecule has 1 aliphatic heterocycles. The van der Waals surface area contributed by atoms with Gasteiger partial charge in [-0.25, -0.2) is 0 Å². The summed E-state index contributed by atoms with van der Waals surface area (Å²) >= 11 is 0. The lowest BCUT2D eigenvalue weighted by Gasteiger charge is -2.52. The maximum atomic E-state index is 4.82. The first kappa shape index (κ1) is 29.2. The van der Waals surface area contributed by atoms with Gasteiger partial charge in [-0.1, -0.05) is 61.4 Å². The standard InChI is InChI=1S/C36H52N6/c1-6-17-37-32-25-33(40-34(39-32)38-18-7-2)42-22-20-41(21-23-42)19-14-29-26(3)24-31-28-12-11-27-10-8-9-15-35(27,4)30(28)13-16-36(29,31)5/h6-7,9-10,13,15,25-26,28-29,31H,1-2,8,11-12,14,16-24H2,3-5H3,(H2,37,38,39,40)/t26-,28-,29+,31+,35+,36-/m1/s1. The summed E-state index contributed by atoms with van der Waals surface area (Å²) in [6, 6.07) is 2.07. The van der Waals surface area contributed by atoms with Crippen LogP contribution < -0.4 is 15.5 Å². The third kappa shape index (κ3) is 5.36. The van der Waals surface area contributed by atoms with Gasteiger partial charge in [0.1, 0.15) is 11.6 Å². The molecule has 6 nitrogen and oxygen atoms in total. The zero-order valence-corrected chi connectivity index (χ0v) is 26.2. The molecule has 1 saturated heterocycles. The van der Waals surface area contributed by atoms with Crippen molar-refractivity contribution in [2.75, 3.05) is 61.3 Å². The molecule has 42 heavy (non-hydrogen) atoms. The smallest absolute Gasteiger partial charge is 0.226 e. The molecule has 1 aromatic rings. The first-order valence-corrected chi connectivity index (χ1v) is 16.5. The van der Waals surface area contributed by atoms with Crippen LogP contribution in [0.1, 0.15) is 59.3 Å². The minimum Gasteiger partial charge on any atom is -0.366 e. The first-order chi connectivity index (χ1) is 20.4. The minimum absolute atomic E-state index is 0.193. The van der Waals surface area contributed by atoms with Crippen molar-refractivity contribution < 1.29 is 0 Å². The van der Waals surface area contributed by atoms with E-state index in [4.69, 9.17) is 4.98 Å². The monoisotopic (exact) mass is 568 g/mol. The lowest BCUT2D eigenvalue weighted by atomic mass is 9.52. The van der Waals surface area contributed by atoms with E-state index in [0.717, 1.165) is 67.9 Å². The van der Waals surface area contributed by atoms with Crippen molar-refractivity contribution in [3.05, 3.63) is 66.8 Å². The normalized spacial score (nSPS) is 34.0. The second kappa shape index (κ2) is 12.0.